The molecule has 0 fully saturated rings. The molecule has 0 aliphatic heterocycles. The van der Waals surface area contributed by atoms with Crippen LogP contribution in [0.3, 0.4) is 0 Å². The molecule has 0 saturated heterocycles. The van der Waals surface area contributed by atoms with E-state index in [4.69, 9.17) is 9.47 Å². The van der Waals surface area contributed by atoms with E-state index < -0.39 is 0 Å². The van der Waals surface area contributed by atoms with E-state index in [0.717, 1.165) is 5.75 Å². The Kier molecular flexibility index (Phi) is 14.8. The first-order chi connectivity index (χ1) is 3.91. The topological polar surface area (TPSA) is 18.5 Å². The molecule has 0 aliphatic carbocycles. The van der Waals surface area contributed by atoms with Gasteiger partial charge in [0.15, 0.2) is 0 Å². The molecule has 0 amide bonds. The minimum atomic E-state index is 0. The van der Waals surface area contributed by atoms with Crippen molar-refractivity contribution in [1.82, 2.24) is 0 Å². The van der Waals surface area contributed by atoms with Gasteiger partial charge in [-0.3, -0.25) is 0 Å². The largest absolute Gasteiger partial charge is 0.382 e. The van der Waals surface area contributed by atoms with Crippen LogP contribution in [0.4, 0.5) is 0 Å². The molecule has 0 aromatic heterocycles. The maximum Gasteiger partial charge on any atom is 0.0700 e. The van der Waals surface area contributed by atoms with E-state index in [-0.39, 0.29) is 7.43 Å². The Morgan fingerprint density at radius 2 is 1.89 bits per heavy atom. The van der Waals surface area contributed by atoms with Crippen molar-refractivity contribution in [2.45, 2.75) is 7.43 Å². The normalized spacial score (nSPS) is 8.67. The lowest BCUT2D eigenvalue weighted by Crippen LogP contribution is -2.03. The quantitative estimate of drug-likeness (QED) is 0.471. The van der Waals surface area contributed by atoms with E-state index in [9.17, 15) is 0 Å². The fraction of sp³-hybridized carbons (Fsp3) is 1.00. The summed E-state index contributed by atoms with van der Waals surface area (Å²) >= 11 is 3.96. The minimum Gasteiger partial charge on any atom is -0.382 e. The van der Waals surface area contributed by atoms with Crippen LogP contribution < -0.4 is 0 Å². The number of rotatable bonds is 5. The van der Waals surface area contributed by atoms with Crippen molar-refractivity contribution < 1.29 is 9.47 Å². The number of thiol groups is 1. The van der Waals surface area contributed by atoms with Crippen LogP contribution >= 0.6 is 12.6 Å². The average Bonchev–Trinajstić information content (AvgIpc) is 1.81. The Balaban J connectivity index is 0. The van der Waals surface area contributed by atoms with Crippen molar-refractivity contribution in [3.05, 3.63) is 0 Å². The van der Waals surface area contributed by atoms with E-state index in [1.165, 1.54) is 0 Å². The van der Waals surface area contributed by atoms with Gasteiger partial charge in [0.1, 0.15) is 0 Å². The molecule has 0 N–H and O–H groups in total. The highest BCUT2D eigenvalue weighted by atomic mass is 32.1. The Morgan fingerprint density at radius 1 is 1.22 bits per heavy atom. The summed E-state index contributed by atoms with van der Waals surface area (Å²) in [4.78, 5) is 0. The van der Waals surface area contributed by atoms with Gasteiger partial charge in [0.05, 0.1) is 19.8 Å². The van der Waals surface area contributed by atoms with Crippen LogP contribution in [0.2, 0.25) is 0 Å². The summed E-state index contributed by atoms with van der Waals surface area (Å²) in [6.07, 6.45) is 0. The van der Waals surface area contributed by atoms with Crippen LogP contribution in [-0.4, -0.2) is 32.7 Å². The highest BCUT2D eigenvalue weighted by molar-refractivity contribution is 7.80. The molecule has 0 aromatic rings. The van der Waals surface area contributed by atoms with Gasteiger partial charge >= 0.3 is 0 Å². The van der Waals surface area contributed by atoms with Gasteiger partial charge in [-0.25, -0.2) is 0 Å². The van der Waals surface area contributed by atoms with Gasteiger partial charge in [-0.1, -0.05) is 7.43 Å². The van der Waals surface area contributed by atoms with Crippen molar-refractivity contribution in [3.8, 4) is 0 Å². The Bertz CT molecular complexity index is 36.0. The summed E-state index contributed by atoms with van der Waals surface area (Å²) in [6.45, 7) is 2.07. The third kappa shape index (κ3) is 11.7. The fourth-order valence-corrected chi connectivity index (χ4v) is 0.438. The van der Waals surface area contributed by atoms with Crippen molar-refractivity contribution in [1.29, 1.82) is 0 Å². The molecule has 0 heterocycles. The van der Waals surface area contributed by atoms with Gasteiger partial charge in [0.25, 0.3) is 0 Å². The lowest BCUT2D eigenvalue weighted by molar-refractivity contribution is 0.0791. The first-order valence-corrected chi connectivity index (χ1v) is 3.22. The molecule has 0 radical (unpaired) electrons. The van der Waals surface area contributed by atoms with E-state index in [1.807, 2.05) is 0 Å². The molecule has 0 aromatic carbocycles. The van der Waals surface area contributed by atoms with Crippen LogP contribution in [-0.2, 0) is 9.47 Å². The van der Waals surface area contributed by atoms with Crippen molar-refractivity contribution in [3.63, 3.8) is 0 Å². The molecule has 0 spiro atoms. The molecule has 9 heavy (non-hydrogen) atoms. The second-order valence-corrected chi connectivity index (χ2v) is 1.78. The molecular formula is C6H16O2S. The van der Waals surface area contributed by atoms with Gasteiger partial charge in [-0.2, -0.15) is 12.6 Å². The second-order valence-electron chi connectivity index (χ2n) is 1.33. The smallest absolute Gasteiger partial charge is 0.0700 e. The number of hydrogen-bond donors (Lipinski definition) is 1. The molecule has 0 saturated carbocycles. The maximum absolute atomic E-state index is 5.02. The summed E-state index contributed by atoms with van der Waals surface area (Å²) in [5, 5.41) is 0. The van der Waals surface area contributed by atoms with Crippen molar-refractivity contribution in [2.24, 2.45) is 0 Å². The monoisotopic (exact) mass is 152 g/mol. The average molecular weight is 152 g/mol. The van der Waals surface area contributed by atoms with E-state index in [2.05, 4.69) is 12.6 Å². The Hall–Kier alpha value is 0.270. The maximum atomic E-state index is 5.02. The molecular weight excluding hydrogens is 136 g/mol. The van der Waals surface area contributed by atoms with E-state index >= 15 is 0 Å². The van der Waals surface area contributed by atoms with E-state index in [0.29, 0.717) is 19.8 Å². The zero-order valence-corrected chi connectivity index (χ0v) is 5.99. The molecule has 0 aliphatic rings. The van der Waals surface area contributed by atoms with Crippen LogP contribution in [0.1, 0.15) is 7.43 Å². The molecule has 0 rings (SSSR count). The molecule has 0 bridgehead atoms. The first-order valence-electron chi connectivity index (χ1n) is 2.59. The van der Waals surface area contributed by atoms with Crippen LogP contribution in [0.5, 0.6) is 0 Å². The second kappa shape index (κ2) is 11.1. The van der Waals surface area contributed by atoms with Gasteiger partial charge in [-0.15, -0.1) is 0 Å². The molecule has 0 atom stereocenters. The summed E-state index contributed by atoms with van der Waals surface area (Å²) in [5.41, 5.74) is 0. The fourth-order valence-electron chi connectivity index (χ4n) is 0.309. The van der Waals surface area contributed by atoms with Crippen LogP contribution in [0.25, 0.3) is 0 Å². The predicted molar refractivity (Wildman–Crippen MR) is 43.3 cm³/mol. The third-order valence-corrected chi connectivity index (χ3v) is 0.850. The Labute approximate surface area is 63.0 Å². The zero-order chi connectivity index (χ0) is 6.24. The lowest BCUT2D eigenvalue weighted by Gasteiger charge is -1.98. The molecule has 0 unspecified atom stereocenters. The molecule has 2 nitrogen and oxygen atoms in total. The van der Waals surface area contributed by atoms with Crippen LogP contribution in [0, 0.1) is 0 Å². The number of hydrogen-bond acceptors (Lipinski definition) is 3. The molecule has 58 valence electrons. The highest BCUT2D eigenvalue weighted by Gasteiger charge is 1.81. The zero-order valence-electron chi connectivity index (χ0n) is 5.09. The predicted octanol–water partition coefficient (Wildman–Crippen LogP) is 1.22. The van der Waals surface area contributed by atoms with Crippen molar-refractivity contribution in [2.75, 3.05) is 32.7 Å². The molecule has 3 heteroatoms. The Morgan fingerprint density at radius 3 is 2.33 bits per heavy atom. The summed E-state index contributed by atoms with van der Waals surface area (Å²) in [5.74, 6) is 0.781. The summed E-state index contributed by atoms with van der Waals surface area (Å²) in [6, 6.07) is 0. The lowest BCUT2D eigenvalue weighted by atomic mass is 10.7. The van der Waals surface area contributed by atoms with Gasteiger partial charge in [0.2, 0.25) is 0 Å². The van der Waals surface area contributed by atoms with Crippen molar-refractivity contribution >= 4 is 12.6 Å². The van der Waals surface area contributed by atoms with Gasteiger partial charge in [0, 0.05) is 12.9 Å². The SMILES string of the molecule is C.COCCOCCS. The number of methoxy groups -OCH3 is 1. The standard InChI is InChI=1S/C5H12O2S.CH4/c1-6-2-3-7-4-5-8;/h8H,2-5H2,1H3;1H4. The minimum absolute atomic E-state index is 0. The van der Waals surface area contributed by atoms with Gasteiger partial charge in [-0.05, 0) is 0 Å². The third-order valence-electron chi connectivity index (χ3n) is 0.667. The van der Waals surface area contributed by atoms with Crippen LogP contribution in [0.15, 0.2) is 0 Å². The summed E-state index contributed by atoms with van der Waals surface area (Å²) < 4.78 is 9.76. The van der Waals surface area contributed by atoms with Gasteiger partial charge < -0.3 is 9.47 Å². The number of ether oxygens (including phenoxy) is 2. The highest BCUT2D eigenvalue weighted by Crippen LogP contribution is 1.77. The summed E-state index contributed by atoms with van der Waals surface area (Å²) in [7, 11) is 1.66. The van der Waals surface area contributed by atoms with E-state index in [1.54, 1.807) is 7.11 Å². The first kappa shape index (κ1) is 12.0.